The fourth-order valence-electron chi connectivity index (χ4n) is 3.47. The molecule has 0 spiro atoms. The number of amides is 2. The molecule has 0 bridgehead atoms. The summed E-state index contributed by atoms with van der Waals surface area (Å²) in [5.74, 6) is -1.41. The van der Waals surface area contributed by atoms with Crippen LogP contribution < -0.4 is 20.1 Å². The Morgan fingerprint density at radius 1 is 0.909 bits per heavy atom. The van der Waals surface area contributed by atoms with Crippen molar-refractivity contribution >= 4 is 40.9 Å². The van der Waals surface area contributed by atoms with Crippen LogP contribution in [0, 0.1) is 11.8 Å². The molecule has 2 atom stereocenters. The summed E-state index contributed by atoms with van der Waals surface area (Å²) < 4.78 is 10.4. The first-order chi connectivity index (χ1) is 15.9. The molecule has 2 aromatic carbocycles. The lowest BCUT2D eigenvalue weighted by Gasteiger charge is -2.24. The van der Waals surface area contributed by atoms with Crippen LogP contribution in [0.25, 0.3) is 0 Å². The maximum absolute atomic E-state index is 12.6. The second-order valence-electron chi connectivity index (χ2n) is 7.45. The number of carboxylic acids is 1. The molecule has 174 valence electrons. The van der Waals surface area contributed by atoms with E-state index in [0.717, 1.165) is 4.90 Å². The van der Waals surface area contributed by atoms with Crippen molar-refractivity contribution < 1.29 is 29.0 Å². The van der Waals surface area contributed by atoms with Crippen LogP contribution in [0.2, 0.25) is 0 Å². The third-order valence-corrected chi connectivity index (χ3v) is 6.23. The largest absolute Gasteiger partial charge is 0.497 e. The second-order valence-corrected chi connectivity index (χ2v) is 8.49. The third-order valence-electron chi connectivity index (χ3n) is 5.21. The van der Waals surface area contributed by atoms with Crippen molar-refractivity contribution in [2.24, 2.45) is 11.8 Å². The number of aliphatic carboxylic acids is 1. The molecule has 0 saturated heterocycles. The second kappa shape index (κ2) is 11.4. The summed E-state index contributed by atoms with van der Waals surface area (Å²) in [6.45, 7) is 0. The summed E-state index contributed by atoms with van der Waals surface area (Å²) >= 11 is 1.35. The van der Waals surface area contributed by atoms with Gasteiger partial charge in [-0.3, -0.25) is 14.4 Å². The normalized spacial score (nSPS) is 17.2. The first kappa shape index (κ1) is 24.2. The first-order valence-electron chi connectivity index (χ1n) is 10.3. The van der Waals surface area contributed by atoms with Crippen LogP contribution in [-0.2, 0) is 14.4 Å². The lowest BCUT2D eigenvalue weighted by Crippen LogP contribution is -2.34. The van der Waals surface area contributed by atoms with Crippen molar-refractivity contribution in [2.75, 3.05) is 30.6 Å². The Hall–Kier alpha value is -3.46. The zero-order chi connectivity index (χ0) is 23.8. The number of hydrogen-bond acceptors (Lipinski definition) is 6. The molecular formula is C24H26N2O6S. The minimum atomic E-state index is -0.961. The molecule has 1 aliphatic carbocycles. The van der Waals surface area contributed by atoms with E-state index in [-0.39, 0.29) is 17.6 Å². The van der Waals surface area contributed by atoms with E-state index in [1.807, 2.05) is 6.08 Å². The van der Waals surface area contributed by atoms with Crippen molar-refractivity contribution in [1.82, 2.24) is 0 Å². The first-order valence-corrected chi connectivity index (χ1v) is 11.3. The van der Waals surface area contributed by atoms with Crippen LogP contribution in [0.3, 0.4) is 0 Å². The number of carbonyl (C=O) groups is 3. The van der Waals surface area contributed by atoms with Gasteiger partial charge in [0, 0.05) is 34.5 Å². The van der Waals surface area contributed by atoms with E-state index in [2.05, 4.69) is 10.6 Å². The van der Waals surface area contributed by atoms with Gasteiger partial charge in [-0.25, -0.2) is 0 Å². The van der Waals surface area contributed by atoms with Gasteiger partial charge in [-0.1, -0.05) is 12.2 Å². The van der Waals surface area contributed by atoms with Gasteiger partial charge in [0.2, 0.25) is 11.8 Å². The molecule has 2 aromatic rings. The molecule has 0 saturated carbocycles. The van der Waals surface area contributed by atoms with Gasteiger partial charge >= 0.3 is 5.97 Å². The highest BCUT2D eigenvalue weighted by Crippen LogP contribution is 2.29. The average Bonchev–Trinajstić information content (AvgIpc) is 2.83. The van der Waals surface area contributed by atoms with Gasteiger partial charge in [-0.05, 0) is 37.1 Å². The highest BCUT2D eigenvalue weighted by atomic mass is 32.2. The Morgan fingerprint density at radius 3 is 2.09 bits per heavy atom. The average molecular weight is 471 g/mol. The van der Waals surface area contributed by atoms with Gasteiger partial charge in [0.15, 0.2) is 0 Å². The Balaban J connectivity index is 1.52. The number of thioether (sulfide) groups is 1. The maximum atomic E-state index is 12.6. The molecule has 2 amide bonds. The predicted molar refractivity (Wildman–Crippen MR) is 127 cm³/mol. The van der Waals surface area contributed by atoms with E-state index in [1.54, 1.807) is 62.8 Å². The zero-order valence-corrected chi connectivity index (χ0v) is 19.2. The Labute approximate surface area is 196 Å². The van der Waals surface area contributed by atoms with E-state index in [4.69, 9.17) is 9.47 Å². The van der Waals surface area contributed by atoms with Gasteiger partial charge in [0.25, 0.3) is 0 Å². The van der Waals surface area contributed by atoms with Crippen molar-refractivity contribution in [1.29, 1.82) is 0 Å². The topological polar surface area (TPSA) is 114 Å². The number of methoxy groups -OCH3 is 2. The SMILES string of the molecule is COc1cc(NC(=O)CSc2ccc(NC(=O)[C@@H]3CC=CC[C@H]3C(=O)O)cc2)cc(OC)c1. The molecular weight excluding hydrogens is 444 g/mol. The summed E-state index contributed by atoms with van der Waals surface area (Å²) in [5.41, 5.74) is 1.16. The smallest absolute Gasteiger partial charge is 0.307 e. The van der Waals surface area contributed by atoms with Crippen molar-refractivity contribution in [3.8, 4) is 11.5 Å². The fourth-order valence-corrected chi connectivity index (χ4v) is 4.17. The number of nitrogens with one attached hydrogen (secondary N) is 2. The molecule has 0 heterocycles. The number of carboxylic acid groups (broad SMARTS) is 1. The summed E-state index contributed by atoms with van der Waals surface area (Å²) in [7, 11) is 3.08. The van der Waals surface area contributed by atoms with E-state index >= 15 is 0 Å². The van der Waals surface area contributed by atoms with Crippen molar-refractivity contribution in [3.05, 3.63) is 54.6 Å². The quantitative estimate of drug-likeness (QED) is 0.374. The van der Waals surface area contributed by atoms with E-state index in [0.29, 0.717) is 35.7 Å². The number of benzene rings is 2. The highest BCUT2D eigenvalue weighted by molar-refractivity contribution is 8.00. The third kappa shape index (κ3) is 6.76. The van der Waals surface area contributed by atoms with Crippen LogP contribution in [0.15, 0.2) is 59.5 Å². The predicted octanol–water partition coefficient (Wildman–Crippen LogP) is 4.04. The molecule has 0 fully saturated rings. The van der Waals surface area contributed by atoms with Crippen LogP contribution in [0.5, 0.6) is 11.5 Å². The van der Waals surface area contributed by atoms with E-state index in [9.17, 15) is 19.5 Å². The van der Waals surface area contributed by atoms with Crippen LogP contribution in [0.4, 0.5) is 11.4 Å². The van der Waals surface area contributed by atoms with Crippen LogP contribution >= 0.6 is 11.8 Å². The standard InChI is InChI=1S/C24H26N2O6S/c1-31-17-11-16(12-18(13-17)32-2)25-22(27)14-33-19-9-7-15(8-10-19)26-23(28)20-5-3-4-6-21(20)24(29)30/h3-4,7-13,20-21H,5-6,14H2,1-2H3,(H,25,27)(H,26,28)(H,29,30)/t20-,21-/m1/s1. The van der Waals surface area contributed by atoms with Gasteiger partial charge in [0.05, 0.1) is 31.8 Å². The number of ether oxygens (including phenoxy) is 2. The lowest BCUT2D eigenvalue weighted by molar-refractivity contribution is -0.146. The van der Waals surface area contributed by atoms with Gasteiger partial charge in [-0.2, -0.15) is 0 Å². The minimum absolute atomic E-state index is 0.183. The molecule has 3 N–H and O–H groups in total. The van der Waals surface area contributed by atoms with Gasteiger partial charge < -0.3 is 25.2 Å². The summed E-state index contributed by atoms with van der Waals surface area (Å²) in [6, 6.07) is 12.2. The summed E-state index contributed by atoms with van der Waals surface area (Å²) in [5, 5.41) is 15.0. The van der Waals surface area contributed by atoms with Crippen molar-refractivity contribution in [3.63, 3.8) is 0 Å². The number of hydrogen-bond donors (Lipinski definition) is 3. The van der Waals surface area contributed by atoms with Crippen molar-refractivity contribution in [2.45, 2.75) is 17.7 Å². The molecule has 0 aliphatic heterocycles. The Bertz CT molecular complexity index is 1020. The molecule has 9 heteroatoms. The minimum Gasteiger partial charge on any atom is -0.497 e. The number of anilines is 2. The highest BCUT2D eigenvalue weighted by Gasteiger charge is 2.33. The molecule has 33 heavy (non-hydrogen) atoms. The van der Waals surface area contributed by atoms with E-state index in [1.165, 1.54) is 11.8 Å². The molecule has 1 aliphatic rings. The fraction of sp³-hybridized carbons (Fsp3) is 0.292. The van der Waals surface area contributed by atoms with Gasteiger partial charge in [0.1, 0.15) is 11.5 Å². The summed E-state index contributed by atoms with van der Waals surface area (Å²) in [4.78, 5) is 37.2. The van der Waals surface area contributed by atoms with Crippen LogP contribution in [0.1, 0.15) is 12.8 Å². The monoisotopic (exact) mass is 470 g/mol. The van der Waals surface area contributed by atoms with E-state index < -0.39 is 17.8 Å². The maximum Gasteiger partial charge on any atom is 0.307 e. The number of rotatable bonds is 9. The van der Waals surface area contributed by atoms with Gasteiger partial charge in [-0.15, -0.1) is 11.8 Å². The lowest BCUT2D eigenvalue weighted by atomic mass is 9.82. The molecule has 0 radical (unpaired) electrons. The molecule has 3 rings (SSSR count). The Kier molecular flexibility index (Phi) is 8.37. The summed E-state index contributed by atoms with van der Waals surface area (Å²) in [6.07, 6.45) is 4.41. The Morgan fingerprint density at radius 2 is 1.52 bits per heavy atom. The number of carbonyl (C=O) groups excluding carboxylic acids is 2. The molecule has 0 unspecified atom stereocenters. The van der Waals surface area contributed by atoms with Crippen LogP contribution in [-0.4, -0.2) is 42.9 Å². The molecule has 8 nitrogen and oxygen atoms in total. The zero-order valence-electron chi connectivity index (χ0n) is 18.4. The number of allylic oxidation sites excluding steroid dienone is 2. The molecule has 0 aromatic heterocycles.